The molecule has 2 aliphatic heterocycles. The fourth-order valence-corrected chi connectivity index (χ4v) is 3.53. The van der Waals surface area contributed by atoms with Gasteiger partial charge < -0.3 is 20.4 Å². The van der Waals surface area contributed by atoms with Crippen molar-refractivity contribution < 1.29 is 9.59 Å². The van der Waals surface area contributed by atoms with Crippen molar-refractivity contribution in [3.8, 4) is 0 Å². The number of aromatic nitrogens is 1. The molecule has 2 N–H and O–H groups in total. The Morgan fingerprint density at radius 3 is 2.60 bits per heavy atom. The highest BCUT2D eigenvalue weighted by Crippen LogP contribution is 2.19. The molecular weight excluding hydrogens is 318 g/mol. The summed E-state index contributed by atoms with van der Waals surface area (Å²) in [6.07, 6.45) is 5.69. The van der Waals surface area contributed by atoms with E-state index in [0.717, 1.165) is 37.3 Å². The molecule has 1 aromatic rings. The van der Waals surface area contributed by atoms with Crippen LogP contribution in [-0.2, 0) is 11.3 Å². The maximum absolute atomic E-state index is 12.3. The Morgan fingerprint density at radius 2 is 1.92 bits per heavy atom. The number of piperidine rings is 1. The molecule has 0 aromatic carbocycles. The predicted octanol–water partition coefficient (Wildman–Crippen LogP) is 1.35. The maximum Gasteiger partial charge on any atom is 0.317 e. The van der Waals surface area contributed by atoms with E-state index in [1.54, 1.807) is 11.9 Å². The minimum Gasteiger partial charge on any atom is -0.359 e. The lowest BCUT2D eigenvalue weighted by molar-refractivity contribution is -0.125. The minimum absolute atomic E-state index is 0.0252. The van der Waals surface area contributed by atoms with Crippen LogP contribution in [0.1, 0.15) is 31.2 Å². The van der Waals surface area contributed by atoms with Crippen molar-refractivity contribution in [1.29, 1.82) is 0 Å². The van der Waals surface area contributed by atoms with Gasteiger partial charge in [0.2, 0.25) is 5.91 Å². The van der Waals surface area contributed by atoms with Crippen LogP contribution in [-0.4, -0.2) is 55.0 Å². The van der Waals surface area contributed by atoms with Gasteiger partial charge >= 0.3 is 6.03 Å². The van der Waals surface area contributed by atoms with Crippen LogP contribution in [0.2, 0.25) is 0 Å². The second-order valence-electron chi connectivity index (χ2n) is 6.75. The highest BCUT2D eigenvalue weighted by Gasteiger charge is 2.26. The standard InChI is InChI=1S/C18H27N5O2/c1-19-17(24)15-5-10-23(11-6-15)18(25)21-13-14-4-7-20-16(12-14)22-8-2-3-9-22/h4,7,12,15H,2-3,5-6,8-11,13H2,1H3,(H,19,24)(H,21,25). The van der Waals surface area contributed by atoms with Gasteiger partial charge in [-0.2, -0.15) is 0 Å². The zero-order valence-electron chi connectivity index (χ0n) is 14.8. The van der Waals surface area contributed by atoms with E-state index in [-0.39, 0.29) is 17.9 Å². The fourth-order valence-electron chi connectivity index (χ4n) is 3.53. The SMILES string of the molecule is CNC(=O)C1CCN(C(=O)NCc2ccnc(N3CCCC3)c2)CC1. The summed E-state index contributed by atoms with van der Waals surface area (Å²) in [6.45, 7) is 3.86. The zero-order chi connectivity index (χ0) is 17.6. The predicted molar refractivity (Wildman–Crippen MR) is 96.3 cm³/mol. The number of pyridine rings is 1. The minimum atomic E-state index is -0.0603. The second kappa shape index (κ2) is 8.18. The molecule has 0 bridgehead atoms. The summed E-state index contributed by atoms with van der Waals surface area (Å²) >= 11 is 0. The van der Waals surface area contributed by atoms with Gasteiger partial charge in [-0.05, 0) is 43.4 Å². The molecule has 3 rings (SSSR count). The Balaban J connectivity index is 1.48. The summed E-state index contributed by atoms with van der Waals surface area (Å²) in [6, 6.07) is 3.94. The monoisotopic (exact) mass is 345 g/mol. The number of hydrogen-bond donors (Lipinski definition) is 2. The Morgan fingerprint density at radius 1 is 1.20 bits per heavy atom. The number of hydrogen-bond acceptors (Lipinski definition) is 4. The summed E-state index contributed by atoms with van der Waals surface area (Å²) in [7, 11) is 1.66. The first-order chi connectivity index (χ1) is 12.2. The number of amides is 3. The van der Waals surface area contributed by atoms with Crippen LogP contribution in [0.5, 0.6) is 0 Å². The molecule has 0 radical (unpaired) electrons. The van der Waals surface area contributed by atoms with Crippen LogP contribution in [0.25, 0.3) is 0 Å². The van der Waals surface area contributed by atoms with E-state index in [1.165, 1.54) is 12.8 Å². The number of rotatable bonds is 4. The van der Waals surface area contributed by atoms with Crippen molar-refractivity contribution in [3.63, 3.8) is 0 Å². The molecule has 7 heteroatoms. The van der Waals surface area contributed by atoms with Gasteiger partial charge in [-0.15, -0.1) is 0 Å². The lowest BCUT2D eigenvalue weighted by Gasteiger charge is -2.31. The van der Waals surface area contributed by atoms with Gasteiger partial charge in [-0.3, -0.25) is 4.79 Å². The van der Waals surface area contributed by atoms with Gasteiger partial charge in [0.05, 0.1) is 0 Å². The number of likely N-dealkylation sites (tertiary alicyclic amines) is 1. The molecule has 0 atom stereocenters. The van der Waals surface area contributed by atoms with E-state index in [1.807, 2.05) is 12.3 Å². The van der Waals surface area contributed by atoms with Crippen molar-refractivity contribution in [3.05, 3.63) is 23.9 Å². The van der Waals surface area contributed by atoms with Crippen LogP contribution >= 0.6 is 0 Å². The van der Waals surface area contributed by atoms with Crippen molar-refractivity contribution in [2.75, 3.05) is 38.1 Å². The molecule has 136 valence electrons. The van der Waals surface area contributed by atoms with E-state index >= 15 is 0 Å². The third kappa shape index (κ3) is 4.41. The molecule has 0 spiro atoms. The van der Waals surface area contributed by atoms with Crippen LogP contribution in [0.4, 0.5) is 10.6 Å². The smallest absolute Gasteiger partial charge is 0.317 e. The van der Waals surface area contributed by atoms with Gasteiger partial charge in [-0.25, -0.2) is 9.78 Å². The summed E-state index contributed by atoms with van der Waals surface area (Å²) in [5.74, 6) is 1.10. The topological polar surface area (TPSA) is 77.6 Å². The molecule has 0 saturated carbocycles. The Kier molecular flexibility index (Phi) is 5.73. The zero-order valence-corrected chi connectivity index (χ0v) is 14.8. The quantitative estimate of drug-likeness (QED) is 0.863. The van der Waals surface area contributed by atoms with Crippen molar-refractivity contribution in [2.24, 2.45) is 5.92 Å². The Labute approximate surface area is 148 Å². The first kappa shape index (κ1) is 17.5. The molecule has 7 nitrogen and oxygen atoms in total. The first-order valence-corrected chi connectivity index (χ1v) is 9.11. The molecule has 25 heavy (non-hydrogen) atoms. The molecule has 0 aliphatic carbocycles. The number of nitrogens with one attached hydrogen (secondary N) is 2. The lowest BCUT2D eigenvalue weighted by Crippen LogP contribution is -2.46. The number of nitrogens with zero attached hydrogens (tertiary/aromatic N) is 3. The van der Waals surface area contributed by atoms with Gasteiger partial charge in [-0.1, -0.05) is 0 Å². The first-order valence-electron chi connectivity index (χ1n) is 9.11. The van der Waals surface area contributed by atoms with Crippen LogP contribution in [0.15, 0.2) is 18.3 Å². The molecule has 1 aromatic heterocycles. The molecule has 2 aliphatic rings. The maximum atomic E-state index is 12.3. The number of carbonyl (C=O) groups is 2. The third-order valence-electron chi connectivity index (χ3n) is 5.08. The average molecular weight is 345 g/mol. The highest BCUT2D eigenvalue weighted by molar-refractivity contribution is 5.79. The number of anilines is 1. The van der Waals surface area contributed by atoms with Crippen molar-refractivity contribution in [2.45, 2.75) is 32.2 Å². The van der Waals surface area contributed by atoms with E-state index in [2.05, 4.69) is 26.6 Å². The lowest BCUT2D eigenvalue weighted by atomic mass is 9.96. The van der Waals surface area contributed by atoms with Crippen molar-refractivity contribution >= 4 is 17.8 Å². The van der Waals surface area contributed by atoms with Crippen molar-refractivity contribution in [1.82, 2.24) is 20.5 Å². The Bertz CT molecular complexity index is 607. The van der Waals surface area contributed by atoms with E-state index < -0.39 is 0 Å². The third-order valence-corrected chi connectivity index (χ3v) is 5.08. The summed E-state index contributed by atoms with van der Waals surface area (Å²) in [4.78, 5) is 32.5. The van der Waals surface area contributed by atoms with E-state index in [9.17, 15) is 9.59 Å². The summed E-state index contributed by atoms with van der Waals surface area (Å²) in [5, 5.41) is 5.67. The molecule has 0 unspecified atom stereocenters. The second-order valence-corrected chi connectivity index (χ2v) is 6.75. The number of carbonyl (C=O) groups excluding carboxylic acids is 2. The summed E-state index contributed by atoms with van der Waals surface area (Å²) in [5.41, 5.74) is 1.06. The van der Waals surface area contributed by atoms with E-state index in [4.69, 9.17) is 0 Å². The fraction of sp³-hybridized carbons (Fsp3) is 0.611. The molecular formula is C18H27N5O2. The largest absolute Gasteiger partial charge is 0.359 e. The molecule has 2 saturated heterocycles. The van der Waals surface area contributed by atoms with Crippen LogP contribution in [0.3, 0.4) is 0 Å². The molecule has 3 amide bonds. The van der Waals surface area contributed by atoms with Gasteiger partial charge in [0, 0.05) is 51.9 Å². The molecule has 3 heterocycles. The average Bonchev–Trinajstić information content (AvgIpc) is 3.20. The van der Waals surface area contributed by atoms with Gasteiger partial charge in [0.1, 0.15) is 5.82 Å². The van der Waals surface area contributed by atoms with Crippen LogP contribution in [0, 0.1) is 5.92 Å². The molecule has 2 fully saturated rings. The van der Waals surface area contributed by atoms with Gasteiger partial charge in [0.25, 0.3) is 0 Å². The normalized spacial score (nSPS) is 18.3. The number of urea groups is 1. The van der Waals surface area contributed by atoms with E-state index in [0.29, 0.717) is 19.6 Å². The van der Waals surface area contributed by atoms with Gasteiger partial charge in [0.15, 0.2) is 0 Å². The van der Waals surface area contributed by atoms with Crippen LogP contribution < -0.4 is 15.5 Å². The summed E-state index contributed by atoms with van der Waals surface area (Å²) < 4.78 is 0. The Hall–Kier alpha value is -2.31. The highest BCUT2D eigenvalue weighted by atomic mass is 16.2.